The molecule has 3 aromatic rings. The third-order valence-corrected chi connectivity index (χ3v) is 9.76. The summed E-state index contributed by atoms with van der Waals surface area (Å²) in [5.74, 6) is 0.554. The second-order valence-corrected chi connectivity index (χ2v) is 12.3. The Morgan fingerprint density at radius 1 is 1.03 bits per heavy atom. The van der Waals surface area contributed by atoms with Crippen molar-refractivity contribution in [3.8, 4) is 5.75 Å². The van der Waals surface area contributed by atoms with E-state index in [0.717, 1.165) is 55.2 Å². The lowest BCUT2D eigenvalue weighted by Crippen LogP contribution is -2.40. The molecule has 5 rings (SSSR count). The van der Waals surface area contributed by atoms with Crippen molar-refractivity contribution in [2.45, 2.75) is 18.2 Å². The van der Waals surface area contributed by atoms with Gasteiger partial charge in [-0.25, -0.2) is 13.4 Å². The fourth-order valence-corrected chi connectivity index (χ4v) is 7.11. The third kappa shape index (κ3) is 6.59. The number of nitrogens with zero attached hydrogens (tertiary/aromatic N) is 4. The van der Waals surface area contributed by atoms with Gasteiger partial charge in [-0.05, 0) is 55.8 Å². The van der Waals surface area contributed by atoms with Crippen molar-refractivity contribution in [1.82, 2.24) is 14.2 Å². The molecule has 2 aromatic carbocycles. The number of aromatic nitrogens is 1. The topological polar surface area (TPSA) is 102 Å². The minimum Gasteiger partial charge on any atom is -0.494 e. The molecule has 0 aliphatic carbocycles. The second-order valence-electron chi connectivity index (χ2n) is 9.36. The van der Waals surface area contributed by atoms with Gasteiger partial charge in [0.25, 0.3) is 5.91 Å². The number of benzene rings is 2. The predicted octanol–water partition coefficient (Wildman–Crippen LogP) is 3.09. The number of carbonyl (C=O) groups is 1. The van der Waals surface area contributed by atoms with Gasteiger partial charge in [0.2, 0.25) is 10.0 Å². The molecule has 0 spiro atoms. The van der Waals surface area contributed by atoms with Gasteiger partial charge in [-0.3, -0.25) is 14.6 Å². The fourth-order valence-electron chi connectivity index (χ4n) is 4.69. The van der Waals surface area contributed by atoms with Crippen LogP contribution in [0.1, 0.15) is 23.7 Å². The van der Waals surface area contributed by atoms with Gasteiger partial charge in [0, 0.05) is 44.8 Å². The van der Waals surface area contributed by atoms with Crippen LogP contribution in [0.3, 0.4) is 0 Å². The van der Waals surface area contributed by atoms with Crippen LogP contribution in [-0.4, -0.2) is 101 Å². The number of sulfonamides is 1. The first-order valence-electron chi connectivity index (χ1n) is 13.3. The molecule has 10 nitrogen and oxygen atoms in total. The molecule has 0 bridgehead atoms. The minimum absolute atomic E-state index is 0.170. The molecule has 0 N–H and O–H groups in total. The summed E-state index contributed by atoms with van der Waals surface area (Å²) in [6.45, 7) is 8.46. The molecule has 2 aliphatic heterocycles. The Labute approximate surface area is 233 Å². The summed E-state index contributed by atoms with van der Waals surface area (Å²) in [5, 5.41) is 0.607. The van der Waals surface area contributed by atoms with Crippen LogP contribution in [0.15, 0.2) is 47.4 Å². The maximum atomic E-state index is 13.8. The Kier molecular flexibility index (Phi) is 9.10. The number of fused-ring (bicyclic) bond motifs is 1. The molecule has 0 atom stereocenters. The SMILES string of the molecule is CCOc1ccc2nc(N(CCCN3CCOCC3)C(=O)c3ccc(S(=O)(=O)N4CCOCC4)cc3)sc2c1. The van der Waals surface area contributed by atoms with Gasteiger partial charge in [-0.15, -0.1) is 0 Å². The van der Waals surface area contributed by atoms with E-state index >= 15 is 0 Å². The van der Waals surface area contributed by atoms with E-state index in [9.17, 15) is 13.2 Å². The molecule has 12 heteroatoms. The first kappa shape index (κ1) is 27.9. The van der Waals surface area contributed by atoms with Crippen molar-refractivity contribution in [3.05, 3.63) is 48.0 Å². The molecule has 1 aromatic heterocycles. The maximum Gasteiger partial charge on any atom is 0.260 e. The molecule has 1 amide bonds. The first-order chi connectivity index (χ1) is 19.0. The fraction of sp³-hybridized carbons (Fsp3) is 0.481. The number of anilines is 1. The smallest absolute Gasteiger partial charge is 0.260 e. The van der Waals surface area contributed by atoms with Gasteiger partial charge >= 0.3 is 0 Å². The van der Waals surface area contributed by atoms with E-state index < -0.39 is 10.0 Å². The molecule has 3 heterocycles. The summed E-state index contributed by atoms with van der Waals surface area (Å²) in [6, 6.07) is 11.9. The number of amides is 1. The van der Waals surface area contributed by atoms with Crippen LogP contribution in [0.4, 0.5) is 5.13 Å². The Balaban J connectivity index is 1.37. The normalized spacial score (nSPS) is 17.4. The van der Waals surface area contributed by atoms with E-state index in [1.807, 2.05) is 25.1 Å². The molecular weight excluding hydrogens is 540 g/mol. The van der Waals surface area contributed by atoms with Gasteiger partial charge in [0.05, 0.1) is 48.1 Å². The van der Waals surface area contributed by atoms with E-state index in [-0.39, 0.29) is 10.8 Å². The first-order valence-corrected chi connectivity index (χ1v) is 15.5. The zero-order chi connectivity index (χ0) is 27.2. The molecule has 39 heavy (non-hydrogen) atoms. The molecule has 210 valence electrons. The van der Waals surface area contributed by atoms with Crippen molar-refractivity contribution in [2.24, 2.45) is 0 Å². The second kappa shape index (κ2) is 12.7. The predicted molar refractivity (Wildman–Crippen MR) is 150 cm³/mol. The lowest BCUT2D eigenvalue weighted by atomic mass is 10.2. The standard InChI is InChI=1S/C27H34N4O6S2/c1-2-37-22-6-9-24-25(20-22)38-27(28-24)31(11-3-10-29-12-16-35-17-13-29)26(32)21-4-7-23(8-5-21)39(33,34)30-14-18-36-19-15-30/h4-9,20H,2-3,10-19H2,1H3. The van der Waals surface area contributed by atoms with Crippen LogP contribution in [0.5, 0.6) is 5.75 Å². The van der Waals surface area contributed by atoms with Gasteiger partial charge in [-0.2, -0.15) is 4.31 Å². The van der Waals surface area contributed by atoms with Crippen molar-refractivity contribution in [3.63, 3.8) is 0 Å². The molecule has 2 saturated heterocycles. The van der Waals surface area contributed by atoms with E-state index in [1.165, 1.54) is 27.8 Å². The number of thiazole rings is 1. The van der Waals surface area contributed by atoms with Gasteiger partial charge in [-0.1, -0.05) is 11.3 Å². The van der Waals surface area contributed by atoms with E-state index in [1.54, 1.807) is 17.0 Å². The number of rotatable bonds is 10. The van der Waals surface area contributed by atoms with Crippen LogP contribution in [0.2, 0.25) is 0 Å². The summed E-state index contributed by atoms with van der Waals surface area (Å²) >= 11 is 1.45. The lowest BCUT2D eigenvalue weighted by Gasteiger charge is -2.28. The highest BCUT2D eigenvalue weighted by Gasteiger charge is 2.27. The van der Waals surface area contributed by atoms with E-state index in [2.05, 4.69) is 4.90 Å². The Morgan fingerprint density at radius 3 is 2.41 bits per heavy atom. The average molecular weight is 575 g/mol. The Bertz CT molecular complexity index is 1370. The van der Waals surface area contributed by atoms with Crippen LogP contribution < -0.4 is 9.64 Å². The van der Waals surface area contributed by atoms with Crippen molar-refractivity contribution < 1.29 is 27.4 Å². The number of morpholine rings is 2. The number of hydrogen-bond donors (Lipinski definition) is 0. The number of hydrogen-bond acceptors (Lipinski definition) is 9. The van der Waals surface area contributed by atoms with Crippen LogP contribution in [-0.2, 0) is 19.5 Å². The third-order valence-electron chi connectivity index (χ3n) is 6.80. The van der Waals surface area contributed by atoms with Gasteiger partial charge in [0.15, 0.2) is 5.13 Å². The highest BCUT2D eigenvalue weighted by Crippen LogP contribution is 2.32. The average Bonchev–Trinajstić information content (AvgIpc) is 3.39. The number of carbonyl (C=O) groups excluding carboxylic acids is 1. The molecule has 0 radical (unpaired) electrons. The molecule has 0 unspecified atom stereocenters. The zero-order valence-electron chi connectivity index (χ0n) is 22.1. The van der Waals surface area contributed by atoms with Crippen molar-refractivity contribution in [1.29, 1.82) is 0 Å². The summed E-state index contributed by atoms with van der Waals surface area (Å²) < 4.78 is 44.8. The molecule has 2 aliphatic rings. The van der Waals surface area contributed by atoms with Crippen LogP contribution >= 0.6 is 11.3 Å². The molecule has 2 fully saturated rings. The monoisotopic (exact) mass is 574 g/mol. The summed E-state index contributed by atoms with van der Waals surface area (Å²) in [5.41, 5.74) is 1.22. The molecule has 0 saturated carbocycles. The van der Waals surface area contributed by atoms with Crippen molar-refractivity contribution in [2.75, 3.05) is 77.2 Å². The van der Waals surface area contributed by atoms with Gasteiger partial charge in [0.1, 0.15) is 5.75 Å². The highest BCUT2D eigenvalue weighted by atomic mass is 32.2. The number of ether oxygens (including phenoxy) is 3. The van der Waals surface area contributed by atoms with Crippen LogP contribution in [0, 0.1) is 0 Å². The van der Waals surface area contributed by atoms with Crippen molar-refractivity contribution >= 4 is 42.6 Å². The molecular formula is C27H34N4O6S2. The minimum atomic E-state index is -3.64. The summed E-state index contributed by atoms with van der Waals surface area (Å²) in [7, 11) is -3.64. The largest absolute Gasteiger partial charge is 0.494 e. The quantitative estimate of drug-likeness (QED) is 0.364. The maximum absolute atomic E-state index is 13.8. The Morgan fingerprint density at radius 2 is 1.72 bits per heavy atom. The zero-order valence-corrected chi connectivity index (χ0v) is 23.7. The van der Waals surface area contributed by atoms with E-state index in [0.29, 0.717) is 50.1 Å². The lowest BCUT2D eigenvalue weighted by molar-refractivity contribution is 0.0376. The highest BCUT2D eigenvalue weighted by molar-refractivity contribution is 7.89. The van der Waals surface area contributed by atoms with Gasteiger partial charge < -0.3 is 14.2 Å². The summed E-state index contributed by atoms with van der Waals surface area (Å²) in [6.07, 6.45) is 0.773. The van der Waals surface area contributed by atoms with E-state index in [4.69, 9.17) is 19.2 Å². The van der Waals surface area contributed by atoms with Crippen LogP contribution in [0.25, 0.3) is 10.2 Å². The summed E-state index contributed by atoms with van der Waals surface area (Å²) in [4.78, 5) is 22.8. The Hall–Kier alpha value is -2.61.